The minimum Gasteiger partial charge on any atom is -0.450 e. The van der Waals surface area contributed by atoms with Crippen LogP contribution in [-0.2, 0) is 23.4 Å². The summed E-state index contributed by atoms with van der Waals surface area (Å²) in [5.41, 5.74) is 4.65. The van der Waals surface area contributed by atoms with Crippen molar-refractivity contribution in [1.29, 1.82) is 0 Å². The fraction of sp³-hybridized carbons (Fsp3) is 0.667. The second-order valence-corrected chi connectivity index (χ2v) is 4.41. The van der Waals surface area contributed by atoms with E-state index in [9.17, 15) is 19.3 Å². The Morgan fingerprint density at radius 2 is 2.12 bits per heavy atom. The molecule has 1 aliphatic heterocycles. The minimum absolute atomic E-state index is 0.814. The number of aliphatic hydroxyl groups excluding tert-OH is 2. The van der Waals surface area contributed by atoms with Gasteiger partial charge in [-0.3, -0.25) is 9.32 Å². The molecule has 1 fully saturated rings. The van der Waals surface area contributed by atoms with E-state index in [1.165, 1.54) is 0 Å². The summed E-state index contributed by atoms with van der Waals surface area (Å²) in [5, 5.41) is 17.8. The first-order chi connectivity index (χ1) is 7.26. The highest BCUT2D eigenvalue weighted by Gasteiger charge is 2.50. The number of ketones is 1. The number of cyclic esters (lactones) is 1. The van der Waals surface area contributed by atoms with Gasteiger partial charge in [0, 0.05) is 0 Å². The molecule has 1 heterocycles. The molecule has 5 N–H and O–H groups in total. The SMILES string of the molecule is NP(=O)(O)OC1C(=O)C(=O)O[C@@H]1[C@@H](O)CO. The van der Waals surface area contributed by atoms with Crippen LogP contribution in [0.5, 0.6) is 0 Å². The van der Waals surface area contributed by atoms with Crippen molar-refractivity contribution in [2.24, 2.45) is 5.50 Å². The van der Waals surface area contributed by atoms with Gasteiger partial charge < -0.3 is 19.8 Å². The number of hydrogen-bond acceptors (Lipinski definition) is 7. The highest BCUT2D eigenvalue weighted by Crippen LogP contribution is 2.37. The van der Waals surface area contributed by atoms with Gasteiger partial charge in [0.25, 0.3) is 5.78 Å². The lowest BCUT2D eigenvalue weighted by Crippen LogP contribution is -2.40. The first-order valence-corrected chi connectivity index (χ1v) is 5.74. The van der Waals surface area contributed by atoms with Crippen LogP contribution >= 0.6 is 7.75 Å². The molecule has 1 aliphatic rings. The Bertz CT molecular complexity index is 350. The van der Waals surface area contributed by atoms with Crippen LogP contribution in [-0.4, -0.2) is 51.8 Å². The molecule has 1 saturated heterocycles. The maximum Gasteiger partial charge on any atom is 0.401 e. The standard InChI is InChI=1S/C6H10NO8P/c7-16(12,13)15-5-3(10)6(11)14-4(5)2(9)1-8/h2,4-5,8-9H,1H2,(H3,7,12,13)/t2-,4+,5?/m0/s1. The summed E-state index contributed by atoms with van der Waals surface area (Å²) in [6, 6.07) is 0. The van der Waals surface area contributed by atoms with Crippen LogP contribution in [0.4, 0.5) is 0 Å². The first kappa shape index (κ1) is 13.2. The van der Waals surface area contributed by atoms with E-state index in [4.69, 9.17) is 10.00 Å². The monoisotopic (exact) mass is 255 g/mol. The van der Waals surface area contributed by atoms with Crippen LogP contribution in [0.15, 0.2) is 0 Å². The number of aliphatic hydroxyl groups is 2. The lowest BCUT2D eigenvalue weighted by atomic mass is 10.1. The molecule has 0 amide bonds. The Kier molecular flexibility index (Phi) is 3.79. The van der Waals surface area contributed by atoms with Gasteiger partial charge >= 0.3 is 13.7 Å². The third-order valence-corrected chi connectivity index (χ3v) is 2.36. The molecule has 1 rings (SSSR count). The summed E-state index contributed by atoms with van der Waals surface area (Å²) in [4.78, 5) is 30.7. The number of hydrogen-bond donors (Lipinski definition) is 4. The van der Waals surface area contributed by atoms with Gasteiger partial charge in [0.2, 0.25) is 0 Å². The van der Waals surface area contributed by atoms with E-state index in [0.29, 0.717) is 0 Å². The quantitative estimate of drug-likeness (QED) is 0.238. The van der Waals surface area contributed by atoms with Gasteiger partial charge in [-0.15, -0.1) is 0 Å². The van der Waals surface area contributed by atoms with Crippen molar-refractivity contribution in [1.82, 2.24) is 0 Å². The molecule has 0 spiro atoms. The summed E-state index contributed by atoms with van der Waals surface area (Å²) in [6.07, 6.45) is -4.95. The fourth-order valence-electron chi connectivity index (χ4n) is 1.16. The van der Waals surface area contributed by atoms with E-state index in [1.54, 1.807) is 0 Å². The molecule has 0 saturated carbocycles. The molecule has 0 radical (unpaired) electrons. The predicted octanol–water partition coefficient (Wildman–Crippen LogP) is -2.72. The van der Waals surface area contributed by atoms with Crippen LogP contribution in [0.2, 0.25) is 0 Å². The number of rotatable bonds is 4. The summed E-state index contributed by atoms with van der Waals surface area (Å²) < 4.78 is 19.3. The third kappa shape index (κ3) is 2.85. The van der Waals surface area contributed by atoms with Crippen molar-refractivity contribution in [2.45, 2.75) is 18.3 Å². The lowest BCUT2D eigenvalue weighted by Gasteiger charge is -2.20. The zero-order valence-electron chi connectivity index (χ0n) is 7.85. The molecule has 16 heavy (non-hydrogen) atoms. The second kappa shape index (κ2) is 4.58. The Morgan fingerprint density at radius 1 is 1.56 bits per heavy atom. The topological polar surface area (TPSA) is 156 Å². The summed E-state index contributed by atoms with van der Waals surface area (Å²) in [6.45, 7) is -0.814. The number of ether oxygens (including phenoxy) is 1. The molecular weight excluding hydrogens is 245 g/mol. The van der Waals surface area contributed by atoms with Crippen LogP contribution in [0.3, 0.4) is 0 Å². The molecule has 2 unspecified atom stereocenters. The van der Waals surface area contributed by atoms with Gasteiger partial charge in [-0.05, 0) is 0 Å². The molecule has 4 atom stereocenters. The van der Waals surface area contributed by atoms with E-state index in [2.05, 4.69) is 14.8 Å². The molecule has 92 valence electrons. The normalized spacial score (nSPS) is 31.0. The molecule has 0 bridgehead atoms. The van der Waals surface area contributed by atoms with Crippen LogP contribution in [0.1, 0.15) is 0 Å². The van der Waals surface area contributed by atoms with Gasteiger partial charge in [0.15, 0.2) is 12.2 Å². The number of esters is 1. The van der Waals surface area contributed by atoms with Crippen LogP contribution < -0.4 is 5.50 Å². The van der Waals surface area contributed by atoms with Gasteiger partial charge in [-0.25, -0.2) is 14.9 Å². The lowest BCUT2D eigenvalue weighted by molar-refractivity contribution is -0.151. The minimum atomic E-state index is -4.51. The highest BCUT2D eigenvalue weighted by molar-refractivity contribution is 7.50. The first-order valence-electron chi connectivity index (χ1n) is 4.10. The molecular formula is C6H10NO8P. The van der Waals surface area contributed by atoms with Gasteiger partial charge in [-0.2, -0.15) is 0 Å². The van der Waals surface area contributed by atoms with E-state index in [0.717, 1.165) is 0 Å². The number of nitrogens with two attached hydrogens (primary N) is 1. The average Bonchev–Trinajstić information content (AvgIpc) is 2.43. The van der Waals surface area contributed by atoms with Crippen molar-refractivity contribution < 1.29 is 38.5 Å². The van der Waals surface area contributed by atoms with Crippen molar-refractivity contribution in [3.63, 3.8) is 0 Å². The Morgan fingerprint density at radius 3 is 2.56 bits per heavy atom. The van der Waals surface area contributed by atoms with Crippen molar-refractivity contribution in [3.05, 3.63) is 0 Å². The molecule has 10 heteroatoms. The Balaban J connectivity index is 2.88. The summed E-state index contributed by atoms with van der Waals surface area (Å²) in [5.74, 6) is -2.56. The van der Waals surface area contributed by atoms with Crippen LogP contribution in [0.25, 0.3) is 0 Å². The summed E-state index contributed by atoms with van der Waals surface area (Å²) >= 11 is 0. The van der Waals surface area contributed by atoms with Crippen molar-refractivity contribution in [3.8, 4) is 0 Å². The zero-order chi connectivity index (χ0) is 12.5. The fourth-order valence-corrected chi connectivity index (χ4v) is 1.70. The average molecular weight is 255 g/mol. The molecule has 0 aromatic heterocycles. The third-order valence-electron chi connectivity index (χ3n) is 1.83. The van der Waals surface area contributed by atoms with E-state index in [1.807, 2.05) is 0 Å². The van der Waals surface area contributed by atoms with Crippen LogP contribution in [0, 0.1) is 0 Å². The van der Waals surface area contributed by atoms with E-state index < -0.39 is 44.4 Å². The van der Waals surface area contributed by atoms with Crippen molar-refractivity contribution in [2.75, 3.05) is 6.61 Å². The largest absolute Gasteiger partial charge is 0.450 e. The smallest absolute Gasteiger partial charge is 0.401 e. The predicted molar refractivity (Wildman–Crippen MR) is 46.9 cm³/mol. The molecule has 0 aromatic rings. The molecule has 0 aromatic carbocycles. The van der Waals surface area contributed by atoms with Gasteiger partial charge in [0.05, 0.1) is 6.61 Å². The van der Waals surface area contributed by atoms with Gasteiger partial charge in [0.1, 0.15) is 6.10 Å². The molecule has 9 nitrogen and oxygen atoms in total. The van der Waals surface area contributed by atoms with E-state index >= 15 is 0 Å². The zero-order valence-corrected chi connectivity index (χ0v) is 8.74. The number of carbonyl (C=O) groups is 2. The molecule has 0 aliphatic carbocycles. The number of Topliss-reactive ketones (excluding diaryl/α,β-unsaturated/α-hetero) is 1. The second-order valence-electron chi connectivity index (χ2n) is 3.07. The highest BCUT2D eigenvalue weighted by atomic mass is 31.2. The Labute approximate surface area is 89.4 Å². The number of carbonyl (C=O) groups excluding carboxylic acids is 2. The Hall–Kier alpha value is -0.830. The van der Waals surface area contributed by atoms with Gasteiger partial charge in [-0.1, -0.05) is 0 Å². The maximum absolute atomic E-state index is 11.1. The maximum atomic E-state index is 11.1. The van der Waals surface area contributed by atoms with E-state index in [-0.39, 0.29) is 0 Å². The van der Waals surface area contributed by atoms with Crippen molar-refractivity contribution >= 4 is 19.5 Å². The summed E-state index contributed by atoms with van der Waals surface area (Å²) in [7, 11) is -4.51.